The Bertz CT molecular complexity index is 1480. The van der Waals surface area contributed by atoms with E-state index in [1.54, 1.807) is 37.6 Å². The Balaban J connectivity index is 1.31. The summed E-state index contributed by atoms with van der Waals surface area (Å²) in [7, 11) is 3.08. The first-order chi connectivity index (χ1) is 18.0. The Labute approximate surface area is 218 Å². The number of halogens is 1. The van der Waals surface area contributed by atoms with Crippen LogP contribution >= 0.6 is 12.2 Å². The molecule has 0 radical (unpaired) electrons. The number of pyridine rings is 1. The summed E-state index contributed by atoms with van der Waals surface area (Å²) in [4.78, 5) is 18.8. The van der Waals surface area contributed by atoms with Crippen molar-refractivity contribution in [2.75, 3.05) is 26.1 Å². The summed E-state index contributed by atoms with van der Waals surface area (Å²) < 4.78 is 31.6. The van der Waals surface area contributed by atoms with Gasteiger partial charge in [0.25, 0.3) is 0 Å². The minimum absolute atomic E-state index is 0.0279. The van der Waals surface area contributed by atoms with Gasteiger partial charge < -0.3 is 19.5 Å². The molecule has 1 N–H and O–H groups in total. The number of nitrogens with one attached hydrogen (secondary N) is 1. The maximum Gasteiger partial charge on any atom is 0.236 e. The first kappa shape index (κ1) is 24.5. The second-order valence-electron chi connectivity index (χ2n) is 8.45. The fourth-order valence-corrected chi connectivity index (χ4v) is 4.68. The third kappa shape index (κ3) is 4.90. The second kappa shape index (κ2) is 10.4. The van der Waals surface area contributed by atoms with Crippen LogP contribution in [0.15, 0.2) is 72.9 Å². The zero-order valence-electron chi connectivity index (χ0n) is 20.2. The lowest BCUT2D eigenvalue weighted by atomic mass is 9.98. The van der Waals surface area contributed by atoms with E-state index < -0.39 is 5.82 Å². The van der Waals surface area contributed by atoms with Crippen molar-refractivity contribution in [3.8, 4) is 23.0 Å². The van der Waals surface area contributed by atoms with Crippen LogP contribution < -0.4 is 19.5 Å². The molecule has 0 spiro atoms. The summed E-state index contributed by atoms with van der Waals surface area (Å²) >= 11 is 5.47. The third-order valence-corrected chi connectivity index (χ3v) is 6.58. The van der Waals surface area contributed by atoms with Crippen molar-refractivity contribution in [1.82, 2.24) is 9.88 Å². The zero-order chi connectivity index (χ0) is 25.9. The number of hydrogen-bond donors (Lipinski definition) is 1. The van der Waals surface area contributed by atoms with Crippen LogP contribution in [0.2, 0.25) is 0 Å². The van der Waals surface area contributed by atoms with E-state index in [1.807, 2.05) is 30.3 Å². The highest BCUT2D eigenvalue weighted by molar-refractivity contribution is 7.80. The average molecular weight is 518 g/mol. The van der Waals surface area contributed by atoms with Gasteiger partial charge in [0.1, 0.15) is 5.75 Å². The molecule has 1 amide bonds. The number of aromatic nitrogens is 1. The molecule has 37 heavy (non-hydrogen) atoms. The first-order valence-corrected chi connectivity index (χ1v) is 12.0. The summed E-state index contributed by atoms with van der Waals surface area (Å²) in [6.07, 6.45) is 2.24. The van der Waals surface area contributed by atoms with Crippen LogP contribution in [0.3, 0.4) is 0 Å². The number of hydrogen-bond acceptors (Lipinski definition) is 6. The van der Waals surface area contributed by atoms with Crippen LogP contribution in [0, 0.1) is 5.82 Å². The van der Waals surface area contributed by atoms with E-state index in [1.165, 1.54) is 24.1 Å². The van der Waals surface area contributed by atoms with Crippen molar-refractivity contribution in [3.05, 3.63) is 84.3 Å². The number of carbonyl (C=O) groups excluding carboxylic acids is 1. The lowest BCUT2D eigenvalue weighted by Crippen LogP contribution is -2.36. The Kier molecular flexibility index (Phi) is 6.87. The molecule has 0 bridgehead atoms. The Morgan fingerprint density at radius 3 is 2.49 bits per heavy atom. The normalized spacial score (nSPS) is 15.1. The number of likely N-dealkylation sites (tertiary alicyclic amines) is 1. The fraction of sp³-hybridized carbons (Fsp3) is 0.179. The number of benzene rings is 3. The molecule has 1 aliphatic rings. The average Bonchev–Trinajstić information content (AvgIpc) is 3.31. The van der Waals surface area contributed by atoms with Gasteiger partial charge in [0.2, 0.25) is 5.91 Å². The van der Waals surface area contributed by atoms with Crippen molar-refractivity contribution in [3.63, 3.8) is 0 Å². The number of nitrogens with zero attached hydrogens (tertiary/aromatic N) is 2. The molecule has 0 aliphatic carbocycles. The Morgan fingerprint density at radius 1 is 1.00 bits per heavy atom. The van der Waals surface area contributed by atoms with Crippen molar-refractivity contribution < 1.29 is 23.4 Å². The first-order valence-electron chi connectivity index (χ1n) is 11.6. The number of anilines is 1. The van der Waals surface area contributed by atoms with Crippen molar-refractivity contribution in [2.45, 2.75) is 12.3 Å². The van der Waals surface area contributed by atoms with Gasteiger partial charge in [-0.2, -0.15) is 0 Å². The monoisotopic (exact) mass is 517 g/mol. The summed E-state index contributed by atoms with van der Waals surface area (Å²) in [6.45, 7) is 0.497. The molecule has 1 aromatic heterocycles. The van der Waals surface area contributed by atoms with Crippen molar-refractivity contribution in [1.29, 1.82) is 0 Å². The van der Waals surface area contributed by atoms with Crippen molar-refractivity contribution >= 4 is 39.8 Å². The molecule has 2 heterocycles. The number of methoxy groups -OCH3 is 2. The molecule has 7 nitrogen and oxygen atoms in total. The number of ether oxygens (including phenoxy) is 3. The van der Waals surface area contributed by atoms with Gasteiger partial charge in [-0.3, -0.25) is 14.7 Å². The SMILES string of the molecule is COc1cc2nccc(Oc3ccc(NC(=S)N4CCC(c5ccccc5)C4=O)cc3F)c2cc1OC. The molecule has 1 aliphatic heterocycles. The maximum atomic E-state index is 15.0. The van der Waals surface area contributed by atoms with Crippen LogP contribution in [-0.4, -0.2) is 41.7 Å². The molecule has 1 unspecified atom stereocenters. The lowest BCUT2D eigenvalue weighted by Gasteiger charge is -2.19. The van der Waals surface area contributed by atoms with E-state index in [2.05, 4.69) is 10.3 Å². The van der Waals surface area contributed by atoms with Gasteiger partial charge in [0.05, 0.1) is 25.7 Å². The number of amides is 1. The highest BCUT2D eigenvalue weighted by Gasteiger charge is 2.34. The summed E-state index contributed by atoms with van der Waals surface area (Å²) in [5.74, 6) is 0.586. The summed E-state index contributed by atoms with van der Waals surface area (Å²) in [5, 5.41) is 3.85. The number of fused-ring (bicyclic) bond motifs is 1. The lowest BCUT2D eigenvalue weighted by molar-refractivity contribution is -0.125. The Morgan fingerprint density at radius 2 is 1.76 bits per heavy atom. The highest BCUT2D eigenvalue weighted by atomic mass is 32.1. The molecule has 4 aromatic rings. The molecule has 1 atom stereocenters. The van der Waals surface area contributed by atoms with Gasteiger partial charge in [0, 0.05) is 35.9 Å². The van der Waals surface area contributed by atoms with Crippen LogP contribution in [0.5, 0.6) is 23.0 Å². The number of rotatable bonds is 6. The third-order valence-electron chi connectivity index (χ3n) is 6.26. The maximum absolute atomic E-state index is 15.0. The molecular formula is C28H24FN3O4S. The predicted octanol–water partition coefficient (Wildman–Crippen LogP) is 5.90. The van der Waals surface area contributed by atoms with Crippen LogP contribution in [0.1, 0.15) is 17.9 Å². The van der Waals surface area contributed by atoms with Gasteiger partial charge in [-0.25, -0.2) is 4.39 Å². The molecule has 3 aromatic carbocycles. The van der Waals surface area contributed by atoms with Crippen LogP contribution in [-0.2, 0) is 4.79 Å². The molecule has 5 rings (SSSR count). The van der Waals surface area contributed by atoms with Gasteiger partial charge in [0.15, 0.2) is 28.2 Å². The quantitative estimate of drug-likeness (QED) is 0.320. The molecule has 0 saturated carbocycles. The summed E-state index contributed by atoms with van der Waals surface area (Å²) in [5.41, 5.74) is 1.99. The number of thiocarbonyl (C=S) groups is 1. The van der Waals surface area contributed by atoms with E-state index in [0.717, 1.165) is 5.56 Å². The topological polar surface area (TPSA) is 72.9 Å². The molecule has 188 valence electrons. The molecule has 1 fully saturated rings. The van der Waals surface area contributed by atoms with Gasteiger partial charge >= 0.3 is 0 Å². The minimum atomic E-state index is -0.590. The standard InChI is InChI=1S/C28H24FN3O4S/c1-34-25-15-20-22(16-26(25)35-2)30-12-10-23(20)36-24-9-8-18(14-21(24)29)31-28(37)32-13-11-19(27(32)33)17-6-4-3-5-7-17/h3-10,12,14-16,19H,11,13H2,1-2H3,(H,31,37). The molecular weight excluding hydrogens is 493 g/mol. The highest BCUT2D eigenvalue weighted by Crippen LogP contribution is 2.37. The van der Waals surface area contributed by atoms with Gasteiger partial charge in [-0.1, -0.05) is 30.3 Å². The minimum Gasteiger partial charge on any atom is -0.493 e. The van der Waals surface area contributed by atoms with E-state index in [-0.39, 0.29) is 22.7 Å². The van der Waals surface area contributed by atoms with Gasteiger partial charge in [-0.05, 0) is 48.5 Å². The smallest absolute Gasteiger partial charge is 0.236 e. The van der Waals surface area contributed by atoms with E-state index in [4.69, 9.17) is 26.4 Å². The zero-order valence-corrected chi connectivity index (χ0v) is 21.0. The summed E-state index contributed by atoms with van der Waals surface area (Å²) in [6, 6.07) is 19.2. The fourth-order valence-electron chi connectivity index (χ4n) is 4.38. The largest absolute Gasteiger partial charge is 0.493 e. The number of carbonyl (C=O) groups is 1. The van der Waals surface area contributed by atoms with Crippen LogP contribution in [0.25, 0.3) is 10.9 Å². The molecule has 9 heteroatoms. The van der Waals surface area contributed by atoms with Crippen molar-refractivity contribution in [2.24, 2.45) is 0 Å². The van der Waals surface area contributed by atoms with E-state index in [9.17, 15) is 4.79 Å². The van der Waals surface area contributed by atoms with E-state index >= 15 is 4.39 Å². The molecule has 1 saturated heterocycles. The van der Waals surface area contributed by atoms with E-state index in [0.29, 0.717) is 46.8 Å². The predicted molar refractivity (Wildman–Crippen MR) is 143 cm³/mol. The van der Waals surface area contributed by atoms with Crippen LogP contribution in [0.4, 0.5) is 10.1 Å². The Hall–Kier alpha value is -4.24. The second-order valence-corrected chi connectivity index (χ2v) is 8.84. The van der Waals surface area contributed by atoms with Gasteiger partial charge in [-0.15, -0.1) is 0 Å².